The molecule has 3 aromatic carbocycles. The largest absolute Gasteiger partial charge is 0.359 e. The molecule has 0 aliphatic carbocycles. The van der Waals surface area contributed by atoms with Crippen LogP contribution in [0.2, 0.25) is 0 Å². The van der Waals surface area contributed by atoms with Gasteiger partial charge < -0.3 is 5.32 Å². The van der Waals surface area contributed by atoms with E-state index in [-0.39, 0.29) is 5.95 Å². The van der Waals surface area contributed by atoms with Gasteiger partial charge in [0.25, 0.3) is 0 Å². The minimum atomic E-state index is -0.514. The van der Waals surface area contributed by atoms with Crippen LogP contribution in [-0.2, 0) is 0 Å². The summed E-state index contributed by atoms with van der Waals surface area (Å²) in [6, 6.07) is 21.7. The van der Waals surface area contributed by atoms with Crippen LogP contribution in [0, 0.1) is 0 Å². The number of nitrogens with one attached hydrogen (secondary N) is 1. The molecule has 0 amide bonds. The van der Waals surface area contributed by atoms with Gasteiger partial charge in [-0.05, 0) is 54.6 Å². The maximum absolute atomic E-state index is 13.4. The second-order valence-electron chi connectivity index (χ2n) is 6.56. The predicted molar refractivity (Wildman–Crippen MR) is 123 cm³/mol. The van der Waals surface area contributed by atoms with E-state index in [0.29, 0.717) is 16.7 Å². The van der Waals surface area contributed by atoms with Gasteiger partial charge in [0.1, 0.15) is 0 Å². The van der Waals surface area contributed by atoms with E-state index in [9.17, 15) is 9.59 Å². The molecule has 148 valence electrons. The zero-order valence-electron chi connectivity index (χ0n) is 15.3. The summed E-state index contributed by atoms with van der Waals surface area (Å²) in [6.07, 6.45) is 0. The Morgan fingerprint density at radius 3 is 2.17 bits per heavy atom. The fourth-order valence-electron chi connectivity index (χ4n) is 3.30. The molecule has 0 unspecified atom stereocenters. The Hall–Kier alpha value is -3.17. The van der Waals surface area contributed by atoms with E-state index in [1.807, 2.05) is 36.4 Å². The summed E-state index contributed by atoms with van der Waals surface area (Å²) in [5.41, 5.74) is 1.32. The van der Waals surface area contributed by atoms with Crippen LogP contribution in [0.3, 0.4) is 0 Å². The van der Waals surface area contributed by atoms with Crippen molar-refractivity contribution in [2.45, 2.75) is 0 Å². The number of aromatic nitrogens is 4. The lowest BCUT2D eigenvalue weighted by Gasteiger charge is -2.10. The van der Waals surface area contributed by atoms with E-state index in [1.54, 1.807) is 36.4 Å². The molecule has 0 radical (unpaired) electrons. The van der Waals surface area contributed by atoms with Gasteiger partial charge >= 0.3 is 11.4 Å². The van der Waals surface area contributed by atoms with Crippen LogP contribution in [0.5, 0.6) is 0 Å². The SMILES string of the molecule is O=c1n(-c2ccccc2)c(=O)n2c3cc(Br)ccc3nc(Nc3ccc(Br)cc3)n12. The van der Waals surface area contributed by atoms with Crippen LogP contribution in [0.15, 0.2) is 91.3 Å². The Balaban J connectivity index is 1.88. The molecule has 7 nitrogen and oxygen atoms in total. The number of anilines is 2. The van der Waals surface area contributed by atoms with Gasteiger partial charge in [-0.1, -0.05) is 50.1 Å². The van der Waals surface area contributed by atoms with Crippen LogP contribution in [0.1, 0.15) is 0 Å². The topological polar surface area (TPSA) is 72.8 Å². The normalized spacial score (nSPS) is 11.3. The van der Waals surface area contributed by atoms with Crippen molar-refractivity contribution in [1.29, 1.82) is 0 Å². The summed E-state index contributed by atoms with van der Waals surface area (Å²) in [7, 11) is 0. The molecule has 2 aromatic heterocycles. The van der Waals surface area contributed by atoms with Gasteiger partial charge in [-0.3, -0.25) is 0 Å². The number of para-hydroxylation sites is 1. The smallest absolute Gasteiger partial charge is 0.324 e. The first-order valence-electron chi connectivity index (χ1n) is 8.97. The lowest BCUT2D eigenvalue weighted by Crippen LogP contribution is -2.26. The van der Waals surface area contributed by atoms with Crippen molar-refractivity contribution in [1.82, 2.24) is 18.6 Å². The van der Waals surface area contributed by atoms with Crippen molar-refractivity contribution < 1.29 is 0 Å². The van der Waals surface area contributed by atoms with Crippen LogP contribution in [0.4, 0.5) is 11.6 Å². The molecule has 2 heterocycles. The second kappa shape index (κ2) is 7.26. The fraction of sp³-hybridized carbons (Fsp3) is 0. The first-order valence-corrected chi connectivity index (χ1v) is 10.6. The third-order valence-corrected chi connectivity index (χ3v) is 5.67. The molecular weight excluding hydrogens is 514 g/mol. The molecule has 0 spiro atoms. The molecule has 0 aliphatic rings. The Kier molecular flexibility index (Phi) is 4.56. The molecule has 0 saturated carbocycles. The Morgan fingerprint density at radius 1 is 0.767 bits per heavy atom. The zero-order valence-corrected chi connectivity index (χ0v) is 18.5. The number of hydrogen-bond donors (Lipinski definition) is 1. The number of rotatable bonds is 3. The monoisotopic (exact) mass is 525 g/mol. The van der Waals surface area contributed by atoms with Gasteiger partial charge in [0.15, 0.2) is 0 Å². The zero-order chi connectivity index (χ0) is 20.8. The fourth-order valence-corrected chi connectivity index (χ4v) is 3.92. The highest BCUT2D eigenvalue weighted by Crippen LogP contribution is 2.22. The Bertz CT molecular complexity index is 1520. The molecule has 0 saturated heterocycles. The molecular formula is C21H13Br2N5O2. The van der Waals surface area contributed by atoms with E-state index in [1.165, 1.54) is 9.03 Å². The first-order chi connectivity index (χ1) is 14.5. The van der Waals surface area contributed by atoms with Crippen molar-refractivity contribution in [3.63, 3.8) is 0 Å². The number of hydrogen-bond acceptors (Lipinski definition) is 4. The quantitative estimate of drug-likeness (QED) is 0.379. The highest BCUT2D eigenvalue weighted by Gasteiger charge is 2.19. The van der Waals surface area contributed by atoms with Gasteiger partial charge in [-0.25, -0.2) is 19.1 Å². The van der Waals surface area contributed by atoms with Gasteiger partial charge in [-0.2, -0.15) is 9.03 Å². The molecule has 5 aromatic rings. The predicted octanol–water partition coefficient (Wildman–Crippen LogP) is 4.37. The van der Waals surface area contributed by atoms with E-state index in [2.05, 4.69) is 42.2 Å². The summed E-state index contributed by atoms with van der Waals surface area (Å²) < 4.78 is 5.43. The van der Waals surface area contributed by atoms with Crippen LogP contribution < -0.4 is 16.7 Å². The van der Waals surface area contributed by atoms with Crippen molar-refractivity contribution >= 4 is 54.5 Å². The Labute approximate surface area is 186 Å². The molecule has 5 rings (SSSR count). The average Bonchev–Trinajstić information content (AvgIpc) is 3.02. The van der Waals surface area contributed by atoms with E-state index in [4.69, 9.17) is 0 Å². The van der Waals surface area contributed by atoms with E-state index < -0.39 is 11.4 Å². The summed E-state index contributed by atoms with van der Waals surface area (Å²) in [5, 5.41) is 3.16. The molecule has 9 heteroatoms. The third kappa shape index (κ3) is 3.06. The maximum Gasteiger partial charge on any atom is 0.359 e. The van der Waals surface area contributed by atoms with Gasteiger partial charge in [0.05, 0.1) is 16.7 Å². The highest BCUT2D eigenvalue weighted by atomic mass is 79.9. The summed E-state index contributed by atoms with van der Waals surface area (Å²) >= 11 is 6.84. The van der Waals surface area contributed by atoms with Crippen LogP contribution >= 0.6 is 31.9 Å². The number of halogens is 2. The third-order valence-electron chi connectivity index (χ3n) is 4.65. The molecule has 0 aliphatic heterocycles. The molecule has 0 bridgehead atoms. The molecule has 1 N–H and O–H groups in total. The lowest BCUT2D eigenvalue weighted by atomic mass is 10.3. The average molecular weight is 527 g/mol. The standard InChI is InChI=1S/C21H13Br2N5O2/c22-13-6-9-15(10-7-13)24-19-25-17-11-8-14(23)12-18(17)27-20(29)26(21(30)28(19)27)16-4-2-1-3-5-16/h1-12H,(H,24,25). The Morgan fingerprint density at radius 2 is 1.43 bits per heavy atom. The van der Waals surface area contributed by atoms with Crippen molar-refractivity contribution in [3.8, 4) is 5.69 Å². The van der Waals surface area contributed by atoms with E-state index >= 15 is 0 Å². The summed E-state index contributed by atoms with van der Waals surface area (Å²) in [6.45, 7) is 0. The highest BCUT2D eigenvalue weighted by molar-refractivity contribution is 9.10. The summed E-state index contributed by atoms with van der Waals surface area (Å²) in [5.74, 6) is 0.240. The van der Waals surface area contributed by atoms with Crippen molar-refractivity contribution in [3.05, 3.63) is 103 Å². The minimum absolute atomic E-state index is 0.240. The van der Waals surface area contributed by atoms with Crippen LogP contribution in [-0.4, -0.2) is 18.6 Å². The van der Waals surface area contributed by atoms with Crippen LogP contribution in [0.25, 0.3) is 16.7 Å². The molecule has 0 fully saturated rings. The van der Waals surface area contributed by atoms with Crippen molar-refractivity contribution in [2.75, 3.05) is 5.32 Å². The van der Waals surface area contributed by atoms with Gasteiger partial charge in [-0.15, -0.1) is 0 Å². The molecule has 0 atom stereocenters. The number of benzene rings is 3. The first kappa shape index (κ1) is 18.8. The van der Waals surface area contributed by atoms with Gasteiger partial charge in [0.2, 0.25) is 5.95 Å². The molecule has 30 heavy (non-hydrogen) atoms. The van der Waals surface area contributed by atoms with Gasteiger partial charge in [0, 0.05) is 14.6 Å². The summed E-state index contributed by atoms with van der Waals surface area (Å²) in [4.78, 5) is 31.3. The van der Waals surface area contributed by atoms with E-state index in [0.717, 1.165) is 19.2 Å². The second-order valence-corrected chi connectivity index (χ2v) is 8.39. The van der Waals surface area contributed by atoms with Crippen molar-refractivity contribution in [2.24, 2.45) is 0 Å². The maximum atomic E-state index is 13.4. The number of fused-ring (bicyclic) bond motifs is 3. The lowest BCUT2D eigenvalue weighted by molar-refractivity contribution is 0.793. The minimum Gasteiger partial charge on any atom is -0.324 e. The number of nitrogens with zero attached hydrogens (tertiary/aromatic N) is 4.